The van der Waals surface area contributed by atoms with Crippen LogP contribution in [-0.2, 0) is 39.5 Å². The minimum absolute atomic E-state index is 0.146. The van der Waals surface area contributed by atoms with Crippen LogP contribution in [0.3, 0.4) is 0 Å². The van der Waals surface area contributed by atoms with Crippen molar-refractivity contribution in [3.63, 3.8) is 0 Å². The van der Waals surface area contributed by atoms with Crippen LogP contribution in [0.25, 0.3) is 22.3 Å². The third-order valence-electron chi connectivity index (χ3n) is 9.12. The lowest BCUT2D eigenvalue weighted by Crippen LogP contribution is -2.38. The molecule has 1 aliphatic rings. The van der Waals surface area contributed by atoms with Gasteiger partial charge in [-0.25, -0.2) is 25.8 Å². The van der Waals surface area contributed by atoms with Crippen molar-refractivity contribution in [1.82, 2.24) is 19.2 Å². The van der Waals surface area contributed by atoms with Crippen LogP contribution in [0.1, 0.15) is 29.5 Å². The zero-order valence-electron chi connectivity index (χ0n) is 27.8. The zero-order chi connectivity index (χ0) is 34.8. The maximum absolute atomic E-state index is 14.3. The molecular weight excluding hydrogens is 663 g/mol. The van der Waals surface area contributed by atoms with Gasteiger partial charge in [-0.1, -0.05) is 48.5 Å². The van der Waals surface area contributed by atoms with Crippen molar-refractivity contribution in [1.29, 1.82) is 0 Å². The molecule has 3 N–H and O–H groups in total. The van der Waals surface area contributed by atoms with Gasteiger partial charge in [0, 0.05) is 48.5 Å². The minimum Gasteiger partial charge on any atom is -0.497 e. The molecule has 1 fully saturated rings. The Labute approximate surface area is 287 Å². The van der Waals surface area contributed by atoms with E-state index in [0.717, 1.165) is 16.7 Å². The molecule has 0 amide bonds. The first-order chi connectivity index (χ1) is 23.5. The number of sulfone groups is 1. The number of likely N-dealkylation sites (tertiary alicyclic amines) is 1. The summed E-state index contributed by atoms with van der Waals surface area (Å²) in [7, 11) is -3.88. The van der Waals surface area contributed by atoms with Crippen LogP contribution in [-0.4, -0.2) is 69.5 Å². The minimum atomic E-state index is -4.05. The van der Waals surface area contributed by atoms with Crippen LogP contribution in [0.4, 0.5) is 5.69 Å². The largest absolute Gasteiger partial charge is 0.497 e. The Morgan fingerprint density at radius 3 is 2.27 bits per heavy atom. The van der Waals surface area contributed by atoms with E-state index in [-0.39, 0.29) is 15.8 Å². The molecule has 1 aliphatic heterocycles. The molecule has 6 rings (SSSR count). The highest BCUT2D eigenvalue weighted by molar-refractivity contribution is 7.91. The van der Waals surface area contributed by atoms with E-state index in [1.807, 2.05) is 48.5 Å². The second-order valence-electron chi connectivity index (χ2n) is 12.3. The molecule has 0 spiro atoms. The van der Waals surface area contributed by atoms with Crippen LogP contribution in [0.15, 0.2) is 90.0 Å². The second kappa shape index (κ2) is 14.2. The molecule has 0 aliphatic carbocycles. The summed E-state index contributed by atoms with van der Waals surface area (Å²) >= 11 is 0. The van der Waals surface area contributed by atoms with Gasteiger partial charge in [-0.2, -0.15) is 0 Å². The van der Waals surface area contributed by atoms with Crippen molar-refractivity contribution in [3.05, 3.63) is 102 Å². The number of nitrogens with two attached hydrogens (primary N) is 1. The van der Waals surface area contributed by atoms with Crippen molar-refractivity contribution in [2.24, 2.45) is 0 Å². The topological polar surface area (TPSA) is 146 Å². The number of nitrogen functional groups attached to an aromatic ring is 1. The van der Waals surface area contributed by atoms with Gasteiger partial charge in [0.1, 0.15) is 21.3 Å². The fourth-order valence-electron chi connectivity index (χ4n) is 6.39. The molecular formula is C36H41N5O6S2. The van der Waals surface area contributed by atoms with E-state index in [9.17, 15) is 16.8 Å². The third kappa shape index (κ3) is 7.30. The molecule has 0 atom stereocenters. The van der Waals surface area contributed by atoms with Crippen molar-refractivity contribution in [3.8, 4) is 22.8 Å². The Kier molecular flexibility index (Phi) is 9.98. The summed E-state index contributed by atoms with van der Waals surface area (Å²) in [4.78, 5) is 6.95. The van der Waals surface area contributed by atoms with E-state index >= 15 is 0 Å². The van der Waals surface area contributed by atoms with Crippen LogP contribution < -0.4 is 20.5 Å². The van der Waals surface area contributed by atoms with Crippen LogP contribution >= 0.6 is 0 Å². The summed E-state index contributed by atoms with van der Waals surface area (Å²) in [6.45, 7) is 2.91. The van der Waals surface area contributed by atoms with Gasteiger partial charge < -0.3 is 20.5 Å². The van der Waals surface area contributed by atoms with Crippen LogP contribution in [0, 0.1) is 0 Å². The Bertz CT molecular complexity index is 2160. The first-order valence-electron chi connectivity index (χ1n) is 16.0. The molecule has 0 radical (unpaired) electrons. The van der Waals surface area contributed by atoms with E-state index < -0.39 is 19.9 Å². The fraction of sp³-hybridized carbons (Fsp3) is 0.306. The number of ether oxygens (including phenoxy) is 2. The first kappa shape index (κ1) is 34.4. The average molecular weight is 704 g/mol. The molecule has 258 valence electrons. The highest BCUT2D eigenvalue weighted by Gasteiger charge is 2.28. The van der Waals surface area contributed by atoms with Crippen LogP contribution in [0.5, 0.6) is 11.5 Å². The Morgan fingerprint density at radius 1 is 0.898 bits per heavy atom. The monoisotopic (exact) mass is 703 g/mol. The molecule has 0 bridgehead atoms. The summed E-state index contributed by atoms with van der Waals surface area (Å²) < 4.78 is 64.6. The number of piperidine rings is 1. The number of anilines is 1. The molecule has 5 aromatic rings. The highest BCUT2D eigenvalue weighted by Crippen LogP contribution is 2.35. The number of pyridine rings is 1. The number of fused-ring (bicyclic) bond motifs is 1. The Morgan fingerprint density at radius 2 is 1.61 bits per heavy atom. The van der Waals surface area contributed by atoms with Crippen LogP contribution in [0.2, 0.25) is 0 Å². The van der Waals surface area contributed by atoms with E-state index in [0.29, 0.717) is 79.4 Å². The molecule has 2 aromatic heterocycles. The maximum atomic E-state index is 14.3. The molecule has 13 heteroatoms. The molecule has 49 heavy (non-hydrogen) atoms. The zero-order valence-corrected chi connectivity index (χ0v) is 29.4. The lowest BCUT2D eigenvalue weighted by Gasteiger charge is -2.31. The van der Waals surface area contributed by atoms with Crippen molar-refractivity contribution >= 4 is 36.6 Å². The predicted molar refractivity (Wildman–Crippen MR) is 192 cm³/mol. The number of hydrogen-bond acceptors (Lipinski definition) is 10. The smallest absolute Gasteiger partial charge is 0.269 e. The summed E-state index contributed by atoms with van der Waals surface area (Å²) in [5, 5.41) is 3.78. The number of hydrogen-bond donors (Lipinski definition) is 2. The number of rotatable bonds is 12. The SMILES string of the molecule is COc1ccc(CNCc2c(N)cnc3c2cc(-c2ccc(CN4CCC(S(C)(=O)=O)CC4)cc2)n3S(=O)(=O)c2ccccc2)c(OC)c1. The van der Waals surface area contributed by atoms with Gasteiger partial charge >= 0.3 is 0 Å². The van der Waals surface area contributed by atoms with Gasteiger partial charge in [0.15, 0.2) is 5.65 Å². The highest BCUT2D eigenvalue weighted by atomic mass is 32.2. The predicted octanol–water partition coefficient (Wildman–Crippen LogP) is 4.84. The number of nitrogens with zero attached hydrogens (tertiary/aromatic N) is 3. The van der Waals surface area contributed by atoms with Gasteiger partial charge in [0.2, 0.25) is 0 Å². The van der Waals surface area contributed by atoms with Crippen molar-refractivity contribution < 1.29 is 26.3 Å². The maximum Gasteiger partial charge on any atom is 0.269 e. The third-order valence-corrected chi connectivity index (χ3v) is 12.5. The van der Waals surface area contributed by atoms with Crippen molar-refractivity contribution in [2.45, 2.75) is 42.6 Å². The molecule has 1 saturated heterocycles. The standard InChI is InChI=1S/C36H41N5O6S2/c1-46-28-14-13-27(35(19-28)47-2)21-38-22-32-31-20-34(41(36(31)39-23-33(32)37)49(44,45)30-7-5-4-6-8-30)26-11-9-25(10-12-26)24-40-17-15-29(16-18-40)48(3,42)43/h4-14,19-20,23,29,38H,15-18,21-22,24,37H2,1-3H3. The molecule has 3 heterocycles. The van der Waals surface area contributed by atoms with E-state index in [1.54, 1.807) is 44.6 Å². The number of benzene rings is 3. The van der Waals surface area contributed by atoms with Gasteiger partial charge in [-0.05, 0) is 61.3 Å². The van der Waals surface area contributed by atoms with Crippen molar-refractivity contribution in [2.75, 3.05) is 39.3 Å². The average Bonchev–Trinajstić information content (AvgIpc) is 3.50. The molecule has 0 saturated carbocycles. The quantitative estimate of drug-likeness (QED) is 0.185. The van der Waals surface area contributed by atoms with Gasteiger partial charge in [-0.3, -0.25) is 4.90 Å². The number of methoxy groups -OCH3 is 2. The number of aromatic nitrogens is 2. The summed E-state index contributed by atoms with van der Waals surface area (Å²) in [5.74, 6) is 1.38. The summed E-state index contributed by atoms with van der Waals surface area (Å²) in [5.41, 5.74) is 11.1. The summed E-state index contributed by atoms with van der Waals surface area (Å²) in [6, 6.07) is 23.6. The van der Waals surface area contributed by atoms with E-state index in [2.05, 4.69) is 15.2 Å². The first-order valence-corrected chi connectivity index (χ1v) is 19.4. The Hall–Kier alpha value is -4.43. The number of nitrogens with one attached hydrogen (secondary N) is 1. The Balaban J connectivity index is 1.33. The van der Waals surface area contributed by atoms with E-state index in [1.165, 1.54) is 16.4 Å². The van der Waals surface area contributed by atoms with Gasteiger partial charge in [0.05, 0.1) is 41.9 Å². The molecule has 0 unspecified atom stereocenters. The molecule has 3 aromatic carbocycles. The lowest BCUT2D eigenvalue weighted by molar-refractivity contribution is 0.222. The van der Waals surface area contributed by atoms with Gasteiger partial charge in [-0.15, -0.1) is 0 Å². The molecule has 11 nitrogen and oxygen atoms in total. The van der Waals surface area contributed by atoms with Gasteiger partial charge in [0.25, 0.3) is 10.0 Å². The van der Waals surface area contributed by atoms with E-state index in [4.69, 9.17) is 15.2 Å². The fourth-order valence-corrected chi connectivity index (χ4v) is 8.95. The lowest BCUT2D eigenvalue weighted by atomic mass is 10.1. The summed E-state index contributed by atoms with van der Waals surface area (Å²) in [6.07, 6.45) is 4.06. The second-order valence-corrected chi connectivity index (χ2v) is 16.4. The normalized spacial score (nSPS) is 14.7.